The first-order valence-corrected chi connectivity index (χ1v) is 3.66. The summed E-state index contributed by atoms with van der Waals surface area (Å²) >= 11 is 0. The molecule has 0 aliphatic carbocycles. The summed E-state index contributed by atoms with van der Waals surface area (Å²) in [5.74, 6) is 1.18. The van der Waals surface area contributed by atoms with Crippen LogP contribution in [-0.4, -0.2) is 23.8 Å². The van der Waals surface area contributed by atoms with Crippen molar-refractivity contribution < 1.29 is 0 Å². The van der Waals surface area contributed by atoms with Crippen molar-refractivity contribution in [2.24, 2.45) is 4.99 Å². The van der Waals surface area contributed by atoms with Crippen molar-refractivity contribution in [3.05, 3.63) is 12.3 Å². The van der Waals surface area contributed by atoms with Crippen LogP contribution < -0.4 is 0 Å². The fourth-order valence-corrected chi connectivity index (χ4v) is 0.988. The summed E-state index contributed by atoms with van der Waals surface area (Å²) in [6, 6.07) is 0.414. The molecule has 1 aliphatic rings. The maximum Gasteiger partial charge on any atom is 0.107 e. The molecule has 0 amide bonds. The van der Waals surface area contributed by atoms with E-state index >= 15 is 0 Å². The van der Waals surface area contributed by atoms with Gasteiger partial charge >= 0.3 is 0 Å². The molecule has 1 aliphatic heterocycles. The van der Waals surface area contributed by atoms with Crippen molar-refractivity contribution in [3.8, 4) is 0 Å². The van der Waals surface area contributed by atoms with E-state index in [4.69, 9.17) is 0 Å². The minimum Gasteiger partial charge on any atom is -0.340 e. The lowest BCUT2D eigenvalue weighted by Gasteiger charge is -2.10. The van der Waals surface area contributed by atoms with Crippen molar-refractivity contribution in [3.63, 3.8) is 0 Å². The Balaban J connectivity index is 2.58. The third-order valence-corrected chi connectivity index (χ3v) is 1.44. The molecule has 0 atom stereocenters. The highest BCUT2D eigenvalue weighted by Crippen LogP contribution is 2.06. The van der Waals surface area contributed by atoms with Gasteiger partial charge in [0.15, 0.2) is 0 Å². The van der Waals surface area contributed by atoms with E-state index in [1.54, 1.807) is 0 Å². The van der Waals surface area contributed by atoms with Gasteiger partial charge in [0, 0.05) is 25.7 Å². The minimum absolute atomic E-state index is 0.414. The number of rotatable bonds is 1. The molecule has 0 aromatic rings. The Kier molecular flexibility index (Phi) is 2.10. The van der Waals surface area contributed by atoms with Crippen LogP contribution in [0.5, 0.6) is 0 Å². The summed E-state index contributed by atoms with van der Waals surface area (Å²) in [6.07, 6.45) is 5.18. The van der Waals surface area contributed by atoms with Crippen LogP contribution >= 0.6 is 0 Å². The van der Waals surface area contributed by atoms with E-state index in [0.717, 1.165) is 6.42 Å². The zero-order chi connectivity index (χ0) is 7.56. The van der Waals surface area contributed by atoms with Gasteiger partial charge in [-0.25, -0.2) is 0 Å². The van der Waals surface area contributed by atoms with E-state index in [9.17, 15) is 0 Å². The molecule has 0 unspecified atom stereocenters. The van der Waals surface area contributed by atoms with E-state index in [2.05, 4.69) is 36.0 Å². The van der Waals surface area contributed by atoms with Gasteiger partial charge in [0.2, 0.25) is 0 Å². The summed E-state index contributed by atoms with van der Waals surface area (Å²) in [5.41, 5.74) is 0. The molecule has 2 heteroatoms. The monoisotopic (exact) mass is 138 g/mol. The highest BCUT2D eigenvalue weighted by molar-refractivity contribution is 5.86. The number of aliphatic imine (C=N–C) groups is 1. The fourth-order valence-electron chi connectivity index (χ4n) is 0.988. The van der Waals surface area contributed by atoms with Gasteiger partial charge in [0.25, 0.3) is 0 Å². The molecule has 1 heterocycles. The summed E-state index contributed by atoms with van der Waals surface area (Å²) in [5, 5.41) is 0. The van der Waals surface area contributed by atoms with Gasteiger partial charge in [0.05, 0.1) is 0 Å². The lowest BCUT2D eigenvalue weighted by molar-refractivity contribution is 0.678. The Hall–Kier alpha value is -0.790. The van der Waals surface area contributed by atoms with Crippen LogP contribution in [0.2, 0.25) is 0 Å². The summed E-state index contributed by atoms with van der Waals surface area (Å²) in [7, 11) is 2.03. The number of amidine groups is 1. The molecule has 0 N–H and O–H groups in total. The Morgan fingerprint density at radius 1 is 1.60 bits per heavy atom. The van der Waals surface area contributed by atoms with E-state index in [-0.39, 0.29) is 0 Å². The third-order valence-electron chi connectivity index (χ3n) is 1.44. The van der Waals surface area contributed by atoms with Crippen LogP contribution in [0.15, 0.2) is 17.3 Å². The van der Waals surface area contributed by atoms with Crippen molar-refractivity contribution in [2.75, 3.05) is 7.05 Å². The predicted octanol–water partition coefficient (Wildman–Crippen LogP) is 1.64. The highest BCUT2D eigenvalue weighted by atomic mass is 15.2. The van der Waals surface area contributed by atoms with Crippen LogP contribution in [-0.2, 0) is 0 Å². The first-order chi connectivity index (χ1) is 4.70. The summed E-state index contributed by atoms with van der Waals surface area (Å²) in [4.78, 5) is 6.51. The molecule has 0 saturated heterocycles. The Bertz CT molecular complexity index is 168. The zero-order valence-corrected chi connectivity index (χ0v) is 6.83. The first kappa shape index (κ1) is 7.32. The molecule has 10 heavy (non-hydrogen) atoms. The Morgan fingerprint density at radius 3 is 2.70 bits per heavy atom. The smallest absolute Gasteiger partial charge is 0.107 e. The quantitative estimate of drug-likeness (QED) is 0.538. The van der Waals surface area contributed by atoms with E-state index < -0.39 is 0 Å². The van der Waals surface area contributed by atoms with Gasteiger partial charge in [0.1, 0.15) is 5.84 Å². The van der Waals surface area contributed by atoms with Gasteiger partial charge < -0.3 is 4.90 Å². The normalized spacial score (nSPS) is 21.6. The second-order valence-corrected chi connectivity index (χ2v) is 2.84. The third kappa shape index (κ3) is 1.59. The van der Waals surface area contributed by atoms with E-state index in [0.29, 0.717) is 6.04 Å². The van der Waals surface area contributed by atoms with Gasteiger partial charge in [-0.1, -0.05) is 6.08 Å². The predicted molar refractivity (Wildman–Crippen MR) is 44.1 cm³/mol. The fraction of sp³-hybridized carbons (Fsp3) is 0.625. The van der Waals surface area contributed by atoms with Crippen LogP contribution in [0.25, 0.3) is 0 Å². The van der Waals surface area contributed by atoms with Crippen LogP contribution in [0.4, 0.5) is 0 Å². The SMILES string of the molecule is CC(C)N=C1CC=CN1C. The summed E-state index contributed by atoms with van der Waals surface area (Å²) < 4.78 is 0. The van der Waals surface area contributed by atoms with Gasteiger partial charge in [-0.15, -0.1) is 0 Å². The molecule has 1 rings (SSSR count). The topological polar surface area (TPSA) is 15.6 Å². The Morgan fingerprint density at radius 2 is 2.30 bits per heavy atom. The highest BCUT2D eigenvalue weighted by Gasteiger charge is 2.07. The zero-order valence-electron chi connectivity index (χ0n) is 6.83. The first-order valence-electron chi connectivity index (χ1n) is 3.66. The lowest BCUT2D eigenvalue weighted by Crippen LogP contribution is -2.17. The van der Waals surface area contributed by atoms with E-state index in [1.165, 1.54) is 5.84 Å². The number of hydrogen-bond acceptors (Lipinski definition) is 1. The van der Waals surface area contributed by atoms with Crippen molar-refractivity contribution in [1.29, 1.82) is 0 Å². The van der Waals surface area contributed by atoms with E-state index in [1.807, 2.05) is 7.05 Å². The second kappa shape index (κ2) is 2.86. The van der Waals surface area contributed by atoms with Crippen LogP contribution in [0, 0.1) is 0 Å². The average Bonchev–Trinajstić information content (AvgIpc) is 2.15. The molecule has 0 fully saturated rings. The standard InChI is InChI=1S/C8H14N2/c1-7(2)9-8-5-4-6-10(8)3/h4,6-7H,5H2,1-3H3. The molecular weight excluding hydrogens is 124 g/mol. The lowest BCUT2D eigenvalue weighted by atomic mass is 10.4. The van der Waals surface area contributed by atoms with Gasteiger partial charge in [-0.05, 0) is 13.8 Å². The van der Waals surface area contributed by atoms with Gasteiger partial charge in [-0.3, -0.25) is 4.99 Å². The average molecular weight is 138 g/mol. The molecule has 0 saturated carbocycles. The Labute approximate surface area is 62.3 Å². The number of nitrogens with zero attached hydrogens (tertiary/aromatic N) is 2. The van der Waals surface area contributed by atoms with Crippen LogP contribution in [0.3, 0.4) is 0 Å². The summed E-state index contributed by atoms with van der Waals surface area (Å²) in [6.45, 7) is 4.19. The molecule has 0 aromatic heterocycles. The largest absolute Gasteiger partial charge is 0.340 e. The van der Waals surface area contributed by atoms with Crippen molar-refractivity contribution in [1.82, 2.24) is 4.90 Å². The molecule has 56 valence electrons. The molecular formula is C8H14N2. The van der Waals surface area contributed by atoms with Crippen LogP contribution in [0.1, 0.15) is 20.3 Å². The molecule has 0 spiro atoms. The number of hydrogen-bond donors (Lipinski definition) is 0. The van der Waals surface area contributed by atoms with Crippen molar-refractivity contribution >= 4 is 5.84 Å². The minimum atomic E-state index is 0.414. The maximum atomic E-state index is 4.44. The molecule has 0 radical (unpaired) electrons. The molecule has 0 aromatic carbocycles. The van der Waals surface area contributed by atoms with Crippen molar-refractivity contribution in [2.45, 2.75) is 26.3 Å². The second-order valence-electron chi connectivity index (χ2n) is 2.84. The maximum absolute atomic E-state index is 4.44. The molecule has 0 bridgehead atoms. The van der Waals surface area contributed by atoms with Gasteiger partial charge in [-0.2, -0.15) is 0 Å². The molecule has 2 nitrogen and oxygen atoms in total.